The van der Waals surface area contributed by atoms with Crippen LogP contribution in [0.2, 0.25) is 0 Å². The second-order valence-electron chi connectivity index (χ2n) is 6.84. The van der Waals surface area contributed by atoms with Gasteiger partial charge < -0.3 is 15.0 Å². The number of benzene rings is 1. The summed E-state index contributed by atoms with van der Waals surface area (Å²) in [5.41, 5.74) is 0.0231. The molecule has 0 saturated carbocycles. The molecule has 2 heterocycles. The lowest BCUT2D eigenvalue weighted by molar-refractivity contribution is -0.138. The molecule has 1 saturated heterocycles. The van der Waals surface area contributed by atoms with Crippen molar-refractivity contribution < 1.29 is 22.7 Å². The predicted octanol–water partition coefficient (Wildman–Crippen LogP) is 3.70. The zero-order valence-electron chi connectivity index (χ0n) is 14.7. The van der Waals surface area contributed by atoms with Gasteiger partial charge >= 0.3 is 6.18 Å². The van der Waals surface area contributed by atoms with E-state index in [9.17, 15) is 18.0 Å². The number of likely N-dealkylation sites (N-methyl/N-ethyl adjacent to an activating group) is 1. The van der Waals surface area contributed by atoms with Crippen LogP contribution in [0.1, 0.15) is 43.4 Å². The number of fused-ring (bicyclic) bond motifs is 1. The number of nitrogens with one attached hydrogen (secondary N) is 1. The Morgan fingerprint density at radius 1 is 1.28 bits per heavy atom. The Labute approximate surface area is 144 Å². The summed E-state index contributed by atoms with van der Waals surface area (Å²) in [6.07, 6.45) is -3.38. The first-order chi connectivity index (χ1) is 11.6. The number of ether oxygens (including phenoxy) is 1. The highest BCUT2D eigenvalue weighted by Gasteiger charge is 2.42. The molecule has 0 radical (unpaired) electrons. The van der Waals surface area contributed by atoms with Crippen LogP contribution in [0.4, 0.5) is 13.2 Å². The van der Waals surface area contributed by atoms with Crippen molar-refractivity contribution in [3.05, 3.63) is 34.5 Å². The van der Waals surface area contributed by atoms with E-state index in [-0.39, 0.29) is 11.5 Å². The molecule has 4 nitrogen and oxygen atoms in total. The Hall–Kier alpha value is -2.18. The number of halogens is 3. The molecular weight excluding hydrogens is 333 g/mol. The number of amides is 1. The summed E-state index contributed by atoms with van der Waals surface area (Å²) in [6, 6.07) is 2.39. The van der Waals surface area contributed by atoms with Gasteiger partial charge in [0, 0.05) is 25.6 Å². The summed E-state index contributed by atoms with van der Waals surface area (Å²) in [5.74, 6) is 0.285. The molecule has 0 aliphatic carbocycles. The molecular formula is C18H21F3N2O2. The van der Waals surface area contributed by atoms with Crippen LogP contribution in [0, 0.1) is 6.92 Å². The van der Waals surface area contributed by atoms with Crippen molar-refractivity contribution >= 4 is 11.6 Å². The molecule has 1 aromatic rings. The molecule has 0 spiro atoms. The van der Waals surface area contributed by atoms with Crippen molar-refractivity contribution in [2.75, 3.05) is 13.6 Å². The number of rotatable bonds is 2. The highest BCUT2D eigenvalue weighted by molar-refractivity contribution is 5.92. The Morgan fingerprint density at radius 2 is 1.96 bits per heavy atom. The quantitative estimate of drug-likeness (QED) is 0.881. The third kappa shape index (κ3) is 2.75. The SMILES string of the molecule is CNC1=C(N2CCCC2=O)c2c(ccc(C(F)(F)F)c2C)OC1(C)C. The fourth-order valence-corrected chi connectivity index (χ4v) is 3.68. The summed E-state index contributed by atoms with van der Waals surface area (Å²) >= 11 is 0. The van der Waals surface area contributed by atoms with E-state index in [0.29, 0.717) is 42.1 Å². The van der Waals surface area contributed by atoms with Gasteiger partial charge in [0.25, 0.3) is 0 Å². The second kappa shape index (κ2) is 5.68. The minimum Gasteiger partial charge on any atom is -0.481 e. The van der Waals surface area contributed by atoms with Gasteiger partial charge in [-0.05, 0) is 44.9 Å². The smallest absolute Gasteiger partial charge is 0.416 e. The number of hydrogen-bond acceptors (Lipinski definition) is 3. The highest BCUT2D eigenvalue weighted by atomic mass is 19.4. The Morgan fingerprint density at radius 3 is 2.48 bits per heavy atom. The topological polar surface area (TPSA) is 41.6 Å². The van der Waals surface area contributed by atoms with Crippen molar-refractivity contribution in [1.29, 1.82) is 0 Å². The van der Waals surface area contributed by atoms with Crippen molar-refractivity contribution in [2.45, 2.75) is 45.4 Å². The van der Waals surface area contributed by atoms with Gasteiger partial charge in [0.2, 0.25) is 5.91 Å². The molecule has 0 bridgehead atoms. The number of carbonyl (C=O) groups is 1. The molecule has 0 aromatic heterocycles. The molecule has 2 aliphatic heterocycles. The van der Waals surface area contributed by atoms with Gasteiger partial charge in [-0.15, -0.1) is 0 Å². The zero-order chi connectivity index (χ0) is 18.6. The second-order valence-corrected chi connectivity index (χ2v) is 6.84. The van der Waals surface area contributed by atoms with E-state index in [1.54, 1.807) is 11.9 Å². The molecule has 1 aromatic carbocycles. The van der Waals surface area contributed by atoms with Crippen molar-refractivity contribution in [3.63, 3.8) is 0 Å². The Kier molecular flexibility index (Phi) is 4.00. The molecule has 7 heteroatoms. The molecule has 1 amide bonds. The van der Waals surface area contributed by atoms with Gasteiger partial charge in [-0.1, -0.05) is 0 Å². The third-order valence-corrected chi connectivity index (χ3v) is 4.77. The van der Waals surface area contributed by atoms with E-state index in [2.05, 4.69) is 5.32 Å². The first-order valence-corrected chi connectivity index (χ1v) is 8.21. The molecule has 0 atom stereocenters. The maximum atomic E-state index is 13.4. The molecule has 136 valence electrons. The largest absolute Gasteiger partial charge is 0.481 e. The summed E-state index contributed by atoms with van der Waals surface area (Å²) in [5, 5.41) is 3.05. The predicted molar refractivity (Wildman–Crippen MR) is 87.8 cm³/mol. The van der Waals surface area contributed by atoms with Crippen LogP contribution in [0.3, 0.4) is 0 Å². The molecule has 2 aliphatic rings. The average Bonchev–Trinajstić information content (AvgIpc) is 2.89. The van der Waals surface area contributed by atoms with Crippen LogP contribution in [-0.2, 0) is 11.0 Å². The van der Waals surface area contributed by atoms with Crippen molar-refractivity contribution in [1.82, 2.24) is 10.2 Å². The first-order valence-electron chi connectivity index (χ1n) is 8.21. The van der Waals surface area contributed by atoms with Gasteiger partial charge in [-0.2, -0.15) is 13.2 Å². The average molecular weight is 354 g/mol. The standard InChI is InChI=1S/C18H21F3N2O2/c1-10-11(18(19,20)21)7-8-12-14(10)15(23-9-5-6-13(23)24)16(22-4)17(2,3)25-12/h7-8,22H,5-6,9H2,1-4H3. The van der Waals surface area contributed by atoms with Crippen LogP contribution in [0.15, 0.2) is 17.8 Å². The lowest BCUT2D eigenvalue weighted by atomic mass is 9.89. The lowest BCUT2D eigenvalue weighted by Crippen LogP contribution is -2.43. The van der Waals surface area contributed by atoms with Gasteiger partial charge in [0.15, 0.2) is 0 Å². The Bertz CT molecular complexity index is 766. The molecule has 1 fully saturated rings. The normalized spacial score (nSPS) is 19.8. The fraction of sp³-hybridized carbons (Fsp3) is 0.500. The van der Waals surface area contributed by atoms with Gasteiger partial charge in [0.05, 0.1) is 17.0 Å². The van der Waals surface area contributed by atoms with Gasteiger partial charge in [-0.3, -0.25) is 4.79 Å². The van der Waals surface area contributed by atoms with Crippen LogP contribution in [0.5, 0.6) is 5.75 Å². The van der Waals surface area contributed by atoms with Crippen LogP contribution in [0.25, 0.3) is 5.70 Å². The minimum absolute atomic E-state index is 0.0722. The summed E-state index contributed by atoms with van der Waals surface area (Å²) in [7, 11) is 1.69. The van der Waals surface area contributed by atoms with E-state index < -0.39 is 17.3 Å². The first kappa shape index (κ1) is 17.6. The van der Waals surface area contributed by atoms with E-state index in [4.69, 9.17) is 4.74 Å². The zero-order valence-corrected chi connectivity index (χ0v) is 14.7. The number of alkyl halides is 3. The van der Waals surface area contributed by atoms with Gasteiger partial charge in [-0.25, -0.2) is 0 Å². The Balaban J connectivity index is 2.32. The number of hydrogen-bond donors (Lipinski definition) is 1. The summed E-state index contributed by atoms with van der Waals surface area (Å²) in [6.45, 7) is 5.58. The molecule has 1 N–H and O–H groups in total. The maximum absolute atomic E-state index is 13.4. The highest BCUT2D eigenvalue weighted by Crippen LogP contribution is 2.47. The molecule has 25 heavy (non-hydrogen) atoms. The number of nitrogens with zero attached hydrogens (tertiary/aromatic N) is 1. The van der Waals surface area contributed by atoms with Gasteiger partial charge in [0.1, 0.15) is 11.4 Å². The third-order valence-electron chi connectivity index (χ3n) is 4.77. The number of carbonyl (C=O) groups excluding carboxylic acids is 1. The van der Waals surface area contributed by atoms with E-state index >= 15 is 0 Å². The monoisotopic (exact) mass is 354 g/mol. The molecule has 0 unspecified atom stereocenters. The number of likely N-dealkylation sites (tertiary alicyclic amines) is 1. The lowest BCUT2D eigenvalue weighted by Gasteiger charge is -2.40. The van der Waals surface area contributed by atoms with E-state index in [1.165, 1.54) is 13.0 Å². The fourth-order valence-electron chi connectivity index (χ4n) is 3.68. The summed E-state index contributed by atoms with van der Waals surface area (Å²) < 4.78 is 46.1. The van der Waals surface area contributed by atoms with Crippen molar-refractivity contribution in [3.8, 4) is 5.75 Å². The van der Waals surface area contributed by atoms with Crippen molar-refractivity contribution in [2.24, 2.45) is 0 Å². The van der Waals surface area contributed by atoms with Crippen LogP contribution < -0.4 is 10.1 Å². The maximum Gasteiger partial charge on any atom is 0.416 e. The van der Waals surface area contributed by atoms with E-state index in [0.717, 1.165) is 6.07 Å². The van der Waals surface area contributed by atoms with Crippen LogP contribution in [-0.4, -0.2) is 30.0 Å². The summed E-state index contributed by atoms with van der Waals surface area (Å²) in [4.78, 5) is 13.9. The minimum atomic E-state index is -4.47. The van der Waals surface area contributed by atoms with Crippen LogP contribution >= 0.6 is 0 Å². The van der Waals surface area contributed by atoms with E-state index in [1.807, 2.05) is 13.8 Å². The molecule has 3 rings (SSSR count).